The highest BCUT2D eigenvalue weighted by atomic mass is 16.5. The summed E-state index contributed by atoms with van der Waals surface area (Å²) < 4.78 is 17.2. The predicted molar refractivity (Wildman–Crippen MR) is 126 cm³/mol. The van der Waals surface area contributed by atoms with Crippen molar-refractivity contribution in [1.82, 2.24) is 4.98 Å². The van der Waals surface area contributed by atoms with E-state index in [1.807, 2.05) is 41.5 Å². The first-order valence-corrected chi connectivity index (χ1v) is 11.7. The van der Waals surface area contributed by atoms with Gasteiger partial charge < -0.3 is 24.2 Å². The second-order valence-corrected chi connectivity index (χ2v) is 10.4. The van der Waals surface area contributed by atoms with Gasteiger partial charge in [0.15, 0.2) is 6.10 Å². The van der Waals surface area contributed by atoms with Gasteiger partial charge in [-0.1, -0.05) is 13.8 Å². The standard InChI is InChI=1S/C25H42N2O5/c1-9-30-14-15-31-16-19-17(2)21(27-12-10-25(7,8)11-13-27)20(18(3)26-19)22(23(28)29)32-24(4,5)6/h22H,9-16H2,1-8H3,(H,28,29)/t22-/m0/s1. The molecular weight excluding hydrogens is 408 g/mol. The van der Waals surface area contributed by atoms with Crippen molar-refractivity contribution < 1.29 is 24.1 Å². The van der Waals surface area contributed by atoms with Gasteiger partial charge in [0.2, 0.25) is 0 Å². The lowest BCUT2D eigenvalue weighted by atomic mass is 9.82. The van der Waals surface area contributed by atoms with E-state index in [2.05, 4.69) is 18.7 Å². The van der Waals surface area contributed by atoms with Crippen molar-refractivity contribution in [2.75, 3.05) is 37.8 Å². The van der Waals surface area contributed by atoms with Crippen molar-refractivity contribution in [2.24, 2.45) is 5.41 Å². The lowest BCUT2D eigenvalue weighted by Crippen LogP contribution is -2.39. The Hall–Kier alpha value is -1.70. The molecule has 2 rings (SSSR count). The highest BCUT2D eigenvalue weighted by Crippen LogP contribution is 2.40. The second kappa shape index (κ2) is 10.9. The van der Waals surface area contributed by atoms with Crippen molar-refractivity contribution in [3.8, 4) is 0 Å². The summed E-state index contributed by atoms with van der Waals surface area (Å²) in [6, 6.07) is 0. The van der Waals surface area contributed by atoms with Crippen LogP contribution in [-0.4, -0.2) is 54.6 Å². The molecule has 0 radical (unpaired) electrons. The zero-order valence-electron chi connectivity index (χ0n) is 21.2. The molecule has 0 aromatic carbocycles. The number of anilines is 1. The third kappa shape index (κ3) is 7.15. The van der Waals surface area contributed by atoms with Crippen LogP contribution in [0.2, 0.25) is 0 Å². The third-order valence-corrected chi connectivity index (χ3v) is 5.94. The molecule has 7 nitrogen and oxygen atoms in total. The number of aliphatic carboxylic acids is 1. The second-order valence-electron chi connectivity index (χ2n) is 10.4. The SMILES string of the molecule is CCOCCOCc1nc(C)c([C@H](OC(C)(C)C)C(=O)O)c(N2CCC(C)(C)CC2)c1C. The number of aryl methyl sites for hydroxylation is 1. The van der Waals surface area contributed by atoms with Crippen molar-refractivity contribution in [3.63, 3.8) is 0 Å². The van der Waals surface area contributed by atoms with E-state index >= 15 is 0 Å². The molecule has 1 saturated heterocycles. The van der Waals surface area contributed by atoms with Gasteiger partial charge >= 0.3 is 5.97 Å². The molecule has 182 valence electrons. The summed E-state index contributed by atoms with van der Waals surface area (Å²) in [5, 5.41) is 10.1. The maximum Gasteiger partial charge on any atom is 0.337 e. The van der Waals surface area contributed by atoms with E-state index in [1.165, 1.54) is 0 Å². The first kappa shape index (κ1) is 26.6. The average molecular weight is 451 g/mol. The van der Waals surface area contributed by atoms with Gasteiger partial charge in [0.1, 0.15) is 0 Å². The van der Waals surface area contributed by atoms with Crippen LogP contribution in [0.1, 0.15) is 83.0 Å². The van der Waals surface area contributed by atoms with Crippen molar-refractivity contribution >= 4 is 11.7 Å². The molecule has 2 heterocycles. The molecule has 1 atom stereocenters. The van der Waals surface area contributed by atoms with Crippen LogP contribution >= 0.6 is 0 Å². The quantitative estimate of drug-likeness (QED) is 0.512. The maximum absolute atomic E-state index is 12.3. The van der Waals surface area contributed by atoms with Gasteiger partial charge in [0.05, 0.1) is 31.1 Å². The largest absolute Gasteiger partial charge is 0.479 e. The van der Waals surface area contributed by atoms with Crippen molar-refractivity contribution in [3.05, 3.63) is 22.5 Å². The van der Waals surface area contributed by atoms with E-state index in [4.69, 9.17) is 19.2 Å². The first-order valence-electron chi connectivity index (χ1n) is 11.7. The Morgan fingerprint density at radius 2 is 1.75 bits per heavy atom. The summed E-state index contributed by atoms with van der Waals surface area (Å²) in [7, 11) is 0. The molecule has 1 aliphatic rings. The van der Waals surface area contributed by atoms with Gasteiger partial charge in [-0.15, -0.1) is 0 Å². The van der Waals surface area contributed by atoms with E-state index in [0.29, 0.717) is 37.7 Å². The van der Waals surface area contributed by atoms with Crippen LogP contribution in [0.3, 0.4) is 0 Å². The van der Waals surface area contributed by atoms with Gasteiger partial charge in [-0.3, -0.25) is 4.98 Å². The topological polar surface area (TPSA) is 81.1 Å². The number of carboxylic acid groups (broad SMARTS) is 1. The van der Waals surface area contributed by atoms with Gasteiger partial charge in [0, 0.05) is 36.6 Å². The summed E-state index contributed by atoms with van der Waals surface area (Å²) in [5.41, 5.74) is 3.75. The number of hydrogen-bond acceptors (Lipinski definition) is 6. The number of hydrogen-bond donors (Lipinski definition) is 1. The number of rotatable bonds is 10. The molecule has 1 aliphatic heterocycles. The Labute approximate surface area is 193 Å². The van der Waals surface area contributed by atoms with Crippen LogP contribution in [0, 0.1) is 19.3 Å². The third-order valence-electron chi connectivity index (χ3n) is 5.94. The predicted octanol–water partition coefficient (Wildman–Crippen LogP) is 4.82. The van der Waals surface area contributed by atoms with Crippen molar-refractivity contribution in [1.29, 1.82) is 0 Å². The maximum atomic E-state index is 12.3. The first-order chi connectivity index (χ1) is 14.9. The molecule has 0 bridgehead atoms. The number of nitrogens with zero attached hydrogens (tertiary/aromatic N) is 2. The number of piperidine rings is 1. The Kier molecular flexibility index (Phi) is 9.08. The number of carbonyl (C=O) groups is 1. The highest BCUT2D eigenvalue weighted by Gasteiger charge is 2.35. The van der Waals surface area contributed by atoms with Crippen molar-refractivity contribution in [2.45, 2.75) is 86.5 Å². The molecule has 32 heavy (non-hydrogen) atoms. The fourth-order valence-corrected chi connectivity index (χ4v) is 4.07. The molecule has 0 spiro atoms. The fourth-order valence-electron chi connectivity index (χ4n) is 4.07. The lowest BCUT2D eigenvalue weighted by Gasteiger charge is -2.41. The number of ether oxygens (including phenoxy) is 3. The Bertz CT molecular complexity index is 776. The fraction of sp³-hybridized carbons (Fsp3) is 0.760. The van der Waals surface area contributed by atoms with E-state index < -0.39 is 17.7 Å². The van der Waals surface area contributed by atoms with E-state index in [9.17, 15) is 9.90 Å². The van der Waals surface area contributed by atoms with Crippen LogP contribution in [-0.2, 0) is 25.6 Å². The minimum absolute atomic E-state index is 0.284. The van der Waals surface area contributed by atoms with Crippen LogP contribution in [0.15, 0.2) is 0 Å². The minimum Gasteiger partial charge on any atom is -0.479 e. The smallest absolute Gasteiger partial charge is 0.337 e. The summed E-state index contributed by atoms with van der Waals surface area (Å²) in [5.74, 6) is -0.997. The molecule has 0 aliphatic carbocycles. The molecule has 1 aromatic rings. The van der Waals surface area contributed by atoms with Gasteiger partial charge in [-0.2, -0.15) is 0 Å². The number of aromatic nitrogens is 1. The molecule has 0 saturated carbocycles. The van der Waals surface area contributed by atoms with Crippen LogP contribution in [0.25, 0.3) is 0 Å². The zero-order valence-corrected chi connectivity index (χ0v) is 21.2. The summed E-state index contributed by atoms with van der Waals surface area (Å²) >= 11 is 0. The molecule has 1 aromatic heterocycles. The Morgan fingerprint density at radius 3 is 2.28 bits per heavy atom. The Balaban J connectivity index is 2.49. The summed E-state index contributed by atoms with van der Waals surface area (Å²) in [6.45, 7) is 19.9. The molecule has 0 unspecified atom stereocenters. The molecule has 1 N–H and O–H groups in total. The average Bonchev–Trinajstić information content (AvgIpc) is 2.68. The van der Waals surface area contributed by atoms with Crippen LogP contribution in [0.4, 0.5) is 5.69 Å². The Morgan fingerprint density at radius 1 is 1.16 bits per heavy atom. The van der Waals surface area contributed by atoms with Gasteiger partial charge in [-0.05, 0) is 65.4 Å². The van der Waals surface area contributed by atoms with E-state index in [0.717, 1.165) is 42.9 Å². The summed E-state index contributed by atoms with van der Waals surface area (Å²) in [6.07, 6.45) is 1.01. The lowest BCUT2D eigenvalue weighted by molar-refractivity contribution is -0.160. The van der Waals surface area contributed by atoms with Gasteiger partial charge in [0.25, 0.3) is 0 Å². The zero-order chi connectivity index (χ0) is 24.1. The van der Waals surface area contributed by atoms with Crippen LogP contribution in [0.5, 0.6) is 0 Å². The number of carboxylic acids is 1. The highest BCUT2D eigenvalue weighted by molar-refractivity contribution is 5.79. The van der Waals surface area contributed by atoms with E-state index in [1.54, 1.807) is 0 Å². The van der Waals surface area contributed by atoms with Gasteiger partial charge in [-0.25, -0.2) is 4.79 Å². The molecule has 0 amide bonds. The van der Waals surface area contributed by atoms with Crippen LogP contribution < -0.4 is 4.90 Å². The number of pyridine rings is 1. The minimum atomic E-state index is -1.08. The summed E-state index contributed by atoms with van der Waals surface area (Å²) in [4.78, 5) is 19.4. The molecule has 7 heteroatoms. The normalized spacial score (nSPS) is 17.4. The van der Waals surface area contributed by atoms with E-state index in [-0.39, 0.29) is 5.41 Å². The molecule has 1 fully saturated rings. The molecular formula is C25H42N2O5. The monoisotopic (exact) mass is 450 g/mol.